The van der Waals surface area contributed by atoms with Crippen molar-refractivity contribution < 1.29 is 14.9 Å². The lowest BCUT2D eigenvalue weighted by Gasteiger charge is -2.52. The summed E-state index contributed by atoms with van der Waals surface area (Å²) in [6, 6.07) is 18.0. The molecule has 0 amide bonds. The van der Waals surface area contributed by atoms with Crippen LogP contribution in [-0.2, 0) is 12.1 Å². The van der Waals surface area contributed by atoms with Gasteiger partial charge in [0.25, 0.3) is 0 Å². The first-order valence-electron chi connectivity index (χ1n) is 10.2. The number of para-hydroxylation sites is 1. The van der Waals surface area contributed by atoms with Gasteiger partial charge in [-0.25, -0.2) is 0 Å². The molecule has 2 N–H and O–H groups in total. The van der Waals surface area contributed by atoms with E-state index >= 15 is 0 Å². The van der Waals surface area contributed by atoms with E-state index in [2.05, 4.69) is 43.0 Å². The minimum Gasteiger partial charge on any atom is -0.496 e. The number of fused-ring (bicyclic) bond motifs is 1. The number of aliphatic hydroxyl groups excluding tert-OH is 1. The van der Waals surface area contributed by atoms with Crippen LogP contribution in [0.5, 0.6) is 5.75 Å². The monoisotopic (exact) mass is 381 g/mol. The molecular weight excluding hydrogens is 350 g/mol. The van der Waals surface area contributed by atoms with Gasteiger partial charge in [0, 0.05) is 31.1 Å². The van der Waals surface area contributed by atoms with Crippen molar-refractivity contribution in [1.82, 2.24) is 4.90 Å². The van der Waals surface area contributed by atoms with E-state index in [0.29, 0.717) is 23.7 Å². The fourth-order valence-corrected chi connectivity index (χ4v) is 5.50. The number of benzene rings is 2. The fraction of sp³-hybridized carbons (Fsp3) is 0.500. The Balaban J connectivity index is 1.70. The van der Waals surface area contributed by atoms with Crippen LogP contribution in [0.1, 0.15) is 31.4 Å². The summed E-state index contributed by atoms with van der Waals surface area (Å²) in [6.45, 7) is 7.00. The van der Waals surface area contributed by atoms with Gasteiger partial charge >= 0.3 is 0 Å². The Hall–Kier alpha value is -1.88. The Morgan fingerprint density at radius 2 is 1.64 bits per heavy atom. The molecule has 0 spiro atoms. The Morgan fingerprint density at radius 3 is 2.36 bits per heavy atom. The molecule has 2 aromatic carbocycles. The van der Waals surface area contributed by atoms with Gasteiger partial charge in [0.1, 0.15) is 11.4 Å². The van der Waals surface area contributed by atoms with Gasteiger partial charge in [0.15, 0.2) is 0 Å². The molecule has 4 nitrogen and oxygen atoms in total. The summed E-state index contributed by atoms with van der Waals surface area (Å²) in [7, 11) is 1.62. The van der Waals surface area contributed by atoms with E-state index in [0.717, 1.165) is 19.6 Å². The van der Waals surface area contributed by atoms with Gasteiger partial charge in [0.05, 0.1) is 13.2 Å². The summed E-state index contributed by atoms with van der Waals surface area (Å²) in [4.78, 5) is 2.42. The van der Waals surface area contributed by atoms with Gasteiger partial charge < -0.3 is 14.9 Å². The predicted molar refractivity (Wildman–Crippen MR) is 110 cm³/mol. The second-order valence-corrected chi connectivity index (χ2v) is 9.13. The minimum atomic E-state index is -1.31. The van der Waals surface area contributed by atoms with E-state index in [9.17, 15) is 10.2 Å². The highest BCUT2D eigenvalue weighted by Gasteiger charge is 2.60. The van der Waals surface area contributed by atoms with Crippen molar-refractivity contribution in [2.45, 2.75) is 38.5 Å². The Kier molecular flexibility index (Phi) is 4.98. The molecule has 4 heteroatoms. The first-order chi connectivity index (χ1) is 13.4. The standard InChI is InChI=1S/C24H31NO3/c1-23(2)13-22(26)24(27,18-11-7-8-12-21(18)28-3)20-16-25(15-19(20)23)14-17-9-5-4-6-10-17/h4-12,19-20,22,26-27H,13-16H2,1-3H3. The Bertz CT molecular complexity index is 822. The highest BCUT2D eigenvalue weighted by Crippen LogP contribution is 2.56. The number of ether oxygens (including phenoxy) is 1. The lowest BCUT2D eigenvalue weighted by atomic mass is 9.56. The summed E-state index contributed by atoms with van der Waals surface area (Å²) in [5.74, 6) is 0.893. The summed E-state index contributed by atoms with van der Waals surface area (Å²) >= 11 is 0. The molecule has 2 aliphatic rings. The summed E-state index contributed by atoms with van der Waals surface area (Å²) in [5, 5.41) is 23.1. The van der Waals surface area contributed by atoms with Gasteiger partial charge in [0.2, 0.25) is 0 Å². The maximum absolute atomic E-state index is 12.0. The van der Waals surface area contributed by atoms with Crippen LogP contribution in [0.4, 0.5) is 0 Å². The maximum atomic E-state index is 12.0. The van der Waals surface area contributed by atoms with Crippen LogP contribution in [0, 0.1) is 17.3 Å². The number of methoxy groups -OCH3 is 1. The SMILES string of the molecule is COc1ccccc1C1(O)C(O)CC(C)(C)C2CN(Cc3ccccc3)CC21. The largest absolute Gasteiger partial charge is 0.496 e. The van der Waals surface area contributed by atoms with E-state index in [4.69, 9.17) is 4.74 Å². The highest BCUT2D eigenvalue weighted by atomic mass is 16.5. The first kappa shape index (κ1) is 19.4. The molecule has 2 fully saturated rings. The second kappa shape index (κ2) is 7.18. The van der Waals surface area contributed by atoms with Crippen molar-refractivity contribution in [3.05, 3.63) is 65.7 Å². The van der Waals surface area contributed by atoms with E-state index < -0.39 is 11.7 Å². The Labute approximate surface area is 167 Å². The van der Waals surface area contributed by atoms with Gasteiger partial charge in [-0.2, -0.15) is 0 Å². The summed E-state index contributed by atoms with van der Waals surface area (Å²) < 4.78 is 5.55. The van der Waals surface area contributed by atoms with Crippen LogP contribution >= 0.6 is 0 Å². The van der Waals surface area contributed by atoms with Crippen LogP contribution in [0.25, 0.3) is 0 Å². The van der Waals surface area contributed by atoms with Crippen molar-refractivity contribution in [1.29, 1.82) is 0 Å². The summed E-state index contributed by atoms with van der Waals surface area (Å²) in [6.07, 6.45) is -0.251. The van der Waals surface area contributed by atoms with E-state index in [1.165, 1.54) is 5.56 Å². The lowest BCUT2D eigenvalue weighted by molar-refractivity contribution is -0.182. The number of likely N-dealkylation sites (tertiary alicyclic amines) is 1. The quantitative estimate of drug-likeness (QED) is 0.852. The zero-order valence-corrected chi connectivity index (χ0v) is 17.0. The molecule has 1 saturated heterocycles. The molecule has 28 heavy (non-hydrogen) atoms. The molecule has 0 aromatic heterocycles. The third-order valence-electron chi connectivity index (χ3n) is 6.98. The van der Waals surface area contributed by atoms with E-state index in [-0.39, 0.29) is 11.3 Å². The normalized spacial score (nSPS) is 32.1. The van der Waals surface area contributed by atoms with Crippen molar-refractivity contribution >= 4 is 0 Å². The molecular formula is C24H31NO3. The number of aliphatic hydroxyl groups is 2. The van der Waals surface area contributed by atoms with Crippen molar-refractivity contribution in [2.75, 3.05) is 20.2 Å². The molecule has 1 saturated carbocycles. The van der Waals surface area contributed by atoms with Crippen LogP contribution in [0.3, 0.4) is 0 Å². The minimum absolute atomic E-state index is 0.0379. The molecule has 0 radical (unpaired) electrons. The van der Waals surface area contributed by atoms with Gasteiger partial charge in [-0.1, -0.05) is 62.4 Å². The average molecular weight is 382 g/mol. The van der Waals surface area contributed by atoms with Crippen molar-refractivity contribution in [3.63, 3.8) is 0 Å². The number of hydrogen-bond donors (Lipinski definition) is 2. The van der Waals surface area contributed by atoms with Crippen LogP contribution < -0.4 is 4.74 Å². The molecule has 4 rings (SSSR count). The molecule has 4 unspecified atom stereocenters. The van der Waals surface area contributed by atoms with Gasteiger partial charge in [-0.3, -0.25) is 4.90 Å². The molecule has 150 valence electrons. The topological polar surface area (TPSA) is 52.9 Å². The zero-order valence-electron chi connectivity index (χ0n) is 17.0. The van der Waals surface area contributed by atoms with Crippen LogP contribution in [-0.4, -0.2) is 41.4 Å². The highest BCUT2D eigenvalue weighted by molar-refractivity contribution is 5.41. The second-order valence-electron chi connectivity index (χ2n) is 9.13. The van der Waals surface area contributed by atoms with Crippen LogP contribution in [0.15, 0.2) is 54.6 Å². The van der Waals surface area contributed by atoms with E-state index in [1.54, 1.807) is 7.11 Å². The number of hydrogen-bond acceptors (Lipinski definition) is 4. The van der Waals surface area contributed by atoms with Crippen molar-refractivity contribution in [3.8, 4) is 5.75 Å². The lowest BCUT2D eigenvalue weighted by Crippen LogP contribution is -2.57. The molecule has 1 heterocycles. The number of nitrogens with zero attached hydrogens (tertiary/aromatic N) is 1. The smallest absolute Gasteiger partial charge is 0.125 e. The zero-order chi connectivity index (χ0) is 19.9. The first-order valence-corrected chi connectivity index (χ1v) is 10.2. The molecule has 1 aliphatic carbocycles. The predicted octanol–water partition coefficient (Wildman–Crippen LogP) is 3.42. The van der Waals surface area contributed by atoms with Crippen molar-refractivity contribution in [2.24, 2.45) is 17.3 Å². The van der Waals surface area contributed by atoms with Gasteiger partial charge in [-0.05, 0) is 29.4 Å². The van der Waals surface area contributed by atoms with Gasteiger partial charge in [-0.15, -0.1) is 0 Å². The Morgan fingerprint density at radius 1 is 1.00 bits per heavy atom. The maximum Gasteiger partial charge on any atom is 0.125 e. The number of rotatable bonds is 4. The average Bonchev–Trinajstić information content (AvgIpc) is 3.12. The van der Waals surface area contributed by atoms with Crippen LogP contribution in [0.2, 0.25) is 0 Å². The fourth-order valence-electron chi connectivity index (χ4n) is 5.50. The molecule has 4 atom stereocenters. The third-order valence-corrected chi connectivity index (χ3v) is 6.98. The van der Waals surface area contributed by atoms with E-state index in [1.807, 2.05) is 30.3 Å². The summed E-state index contributed by atoms with van der Waals surface area (Å²) in [5.41, 5.74) is 0.638. The molecule has 0 bridgehead atoms. The molecule has 2 aromatic rings. The third kappa shape index (κ3) is 3.14. The molecule has 1 aliphatic heterocycles.